The van der Waals surface area contributed by atoms with E-state index in [1.165, 1.54) is 47.9 Å². The van der Waals surface area contributed by atoms with E-state index in [0.717, 1.165) is 17.7 Å². The summed E-state index contributed by atoms with van der Waals surface area (Å²) < 4.78 is 4.74. The second-order valence-electron chi connectivity index (χ2n) is 4.13. The molecule has 1 N–H and O–H groups in total. The number of esters is 1. The summed E-state index contributed by atoms with van der Waals surface area (Å²) in [5.74, 6) is -0.237. The molecule has 2 aromatic rings. The molecule has 0 aromatic carbocycles. The molecule has 0 bridgehead atoms. The first-order chi connectivity index (χ1) is 7.79. The predicted octanol–water partition coefficient (Wildman–Crippen LogP) is 2.89. The molecule has 2 aromatic heterocycles. The lowest BCUT2D eigenvalue weighted by molar-refractivity contribution is 0.0606. The minimum Gasteiger partial charge on any atom is -0.465 e. The monoisotopic (exact) mass is 235 g/mol. The maximum Gasteiger partial charge on any atom is 0.348 e. The van der Waals surface area contributed by atoms with E-state index in [4.69, 9.17) is 4.74 Å². The van der Waals surface area contributed by atoms with Crippen LogP contribution in [-0.4, -0.2) is 18.1 Å². The standard InChI is InChI=1S/C12H13NO2S/c1-15-12(14)10-6-8-7-4-2-3-5-9(7)13-11(8)16-10/h6,13H,2-5H2,1H3. The van der Waals surface area contributed by atoms with Crippen LogP contribution in [0.4, 0.5) is 0 Å². The number of aryl methyl sites for hydroxylation is 2. The normalized spacial score (nSPS) is 15.1. The zero-order valence-corrected chi connectivity index (χ0v) is 9.95. The van der Waals surface area contributed by atoms with Crippen LogP contribution in [0.2, 0.25) is 0 Å². The molecule has 1 aliphatic rings. The number of carbonyl (C=O) groups excluding carboxylic acids is 1. The van der Waals surface area contributed by atoms with Gasteiger partial charge in [-0.05, 0) is 37.3 Å². The van der Waals surface area contributed by atoms with Crippen LogP contribution in [0.3, 0.4) is 0 Å². The second-order valence-corrected chi connectivity index (χ2v) is 5.19. The lowest BCUT2D eigenvalue weighted by atomic mass is 9.96. The fourth-order valence-corrected chi connectivity index (χ4v) is 3.42. The Hall–Kier alpha value is -1.29. The fourth-order valence-electron chi connectivity index (χ4n) is 2.39. The minimum absolute atomic E-state index is 0.237. The molecule has 0 radical (unpaired) electrons. The highest BCUT2D eigenvalue weighted by molar-refractivity contribution is 7.20. The largest absolute Gasteiger partial charge is 0.465 e. The van der Waals surface area contributed by atoms with Crippen molar-refractivity contribution in [2.24, 2.45) is 0 Å². The van der Waals surface area contributed by atoms with Gasteiger partial charge in [0.2, 0.25) is 0 Å². The summed E-state index contributed by atoms with van der Waals surface area (Å²) in [7, 11) is 1.42. The summed E-state index contributed by atoms with van der Waals surface area (Å²) in [5.41, 5.74) is 2.77. The van der Waals surface area contributed by atoms with Gasteiger partial charge in [0.05, 0.1) is 7.11 Å². The molecular weight excluding hydrogens is 222 g/mol. The van der Waals surface area contributed by atoms with Gasteiger partial charge in [-0.3, -0.25) is 0 Å². The first-order valence-corrected chi connectivity index (χ1v) is 6.33. The number of rotatable bonds is 1. The van der Waals surface area contributed by atoms with Gasteiger partial charge in [-0.15, -0.1) is 11.3 Å². The third kappa shape index (κ3) is 1.37. The van der Waals surface area contributed by atoms with Crippen molar-refractivity contribution < 1.29 is 9.53 Å². The molecule has 84 valence electrons. The zero-order valence-electron chi connectivity index (χ0n) is 9.13. The van der Waals surface area contributed by atoms with Gasteiger partial charge in [0, 0.05) is 11.1 Å². The van der Waals surface area contributed by atoms with Crippen LogP contribution >= 0.6 is 11.3 Å². The Morgan fingerprint density at radius 2 is 2.25 bits per heavy atom. The van der Waals surface area contributed by atoms with Crippen molar-refractivity contribution in [3.8, 4) is 0 Å². The van der Waals surface area contributed by atoms with Gasteiger partial charge in [0.25, 0.3) is 0 Å². The van der Waals surface area contributed by atoms with Gasteiger partial charge in [0.1, 0.15) is 9.71 Å². The Labute approximate surface area is 97.4 Å². The molecule has 2 heterocycles. The van der Waals surface area contributed by atoms with Gasteiger partial charge >= 0.3 is 5.97 Å². The molecule has 1 aliphatic carbocycles. The van der Waals surface area contributed by atoms with Crippen molar-refractivity contribution in [2.45, 2.75) is 25.7 Å². The highest BCUT2D eigenvalue weighted by Crippen LogP contribution is 2.34. The Balaban J connectivity index is 2.13. The van der Waals surface area contributed by atoms with Gasteiger partial charge in [-0.25, -0.2) is 4.79 Å². The molecule has 0 unspecified atom stereocenters. The van der Waals surface area contributed by atoms with Gasteiger partial charge in [-0.2, -0.15) is 0 Å². The number of H-pyrrole nitrogens is 1. The first-order valence-electron chi connectivity index (χ1n) is 5.51. The number of hydrogen-bond acceptors (Lipinski definition) is 3. The SMILES string of the molecule is COC(=O)c1cc2c3c([nH]c2s1)CCCC3. The molecule has 0 spiro atoms. The quantitative estimate of drug-likeness (QED) is 0.772. The Kier molecular flexibility index (Phi) is 2.24. The summed E-state index contributed by atoms with van der Waals surface area (Å²) in [6.07, 6.45) is 4.80. The highest BCUT2D eigenvalue weighted by atomic mass is 32.1. The summed E-state index contributed by atoms with van der Waals surface area (Å²) in [4.78, 5) is 16.7. The number of carbonyl (C=O) groups is 1. The van der Waals surface area contributed by atoms with E-state index in [9.17, 15) is 4.79 Å². The average Bonchev–Trinajstić information content (AvgIpc) is 2.85. The Bertz CT molecular complexity index is 553. The van der Waals surface area contributed by atoms with Crippen molar-refractivity contribution in [3.63, 3.8) is 0 Å². The number of nitrogens with one attached hydrogen (secondary N) is 1. The maximum absolute atomic E-state index is 11.4. The van der Waals surface area contributed by atoms with E-state index < -0.39 is 0 Å². The average molecular weight is 235 g/mol. The molecule has 4 heteroatoms. The molecule has 0 amide bonds. The summed E-state index contributed by atoms with van der Waals surface area (Å²) in [5, 5.41) is 1.22. The van der Waals surface area contributed by atoms with Gasteiger partial charge < -0.3 is 9.72 Å². The van der Waals surface area contributed by atoms with Crippen LogP contribution < -0.4 is 0 Å². The van der Waals surface area contributed by atoms with Crippen molar-refractivity contribution in [3.05, 3.63) is 22.2 Å². The van der Waals surface area contributed by atoms with Gasteiger partial charge in [-0.1, -0.05) is 0 Å². The number of thiophene rings is 1. The van der Waals surface area contributed by atoms with E-state index in [1.54, 1.807) is 0 Å². The van der Waals surface area contributed by atoms with Gasteiger partial charge in [0.15, 0.2) is 0 Å². The molecular formula is C12H13NO2S. The molecule has 0 saturated carbocycles. The van der Waals surface area contributed by atoms with E-state index in [-0.39, 0.29) is 5.97 Å². The molecule has 16 heavy (non-hydrogen) atoms. The third-order valence-electron chi connectivity index (χ3n) is 3.18. The molecule has 3 rings (SSSR count). The van der Waals surface area contributed by atoms with Crippen LogP contribution in [0.25, 0.3) is 10.2 Å². The van der Waals surface area contributed by atoms with Crippen LogP contribution in [0.5, 0.6) is 0 Å². The van der Waals surface area contributed by atoms with Crippen LogP contribution in [-0.2, 0) is 17.6 Å². The van der Waals surface area contributed by atoms with E-state index in [2.05, 4.69) is 4.98 Å². The highest BCUT2D eigenvalue weighted by Gasteiger charge is 2.19. The molecule has 0 saturated heterocycles. The topological polar surface area (TPSA) is 42.1 Å². The molecule has 0 fully saturated rings. The van der Waals surface area contributed by atoms with Crippen LogP contribution in [0, 0.1) is 0 Å². The maximum atomic E-state index is 11.4. The number of aromatic amines is 1. The van der Waals surface area contributed by atoms with E-state index in [1.807, 2.05) is 6.07 Å². The predicted molar refractivity (Wildman–Crippen MR) is 64.2 cm³/mol. The zero-order chi connectivity index (χ0) is 11.1. The Morgan fingerprint density at radius 1 is 1.44 bits per heavy atom. The molecule has 3 nitrogen and oxygen atoms in total. The lowest BCUT2D eigenvalue weighted by Gasteiger charge is -2.10. The van der Waals surface area contributed by atoms with Crippen molar-refractivity contribution in [1.82, 2.24) is 4.98 Å². The lowest BCUT2D eigenvalue weighted by Crippen LogP contribution is -2.01. The van der Waals surface area contributed by atoms with Crippen LogP contribution in [0.15, 0.2) is 6.07 Å². The summed E-state index contributed by atoms with van der Waals surface area (Å²) >= 11 is 1.49. The van der Waals surface area contributed by atoms with E-state index >= 15 is 0 Å². The van der Waals surface area contributed by atoms with Crippen molar-refractivity contribution in [1.29, 1.82) is 0 Å². The second kappa shape index (κ2) is 3.63. The third-order valence-corrected chi connectivity index (χ3v) is 4.21. The number of hydrogen-bond donors (Lipinski definition) is 1. The van der Waals surface area contributed by atoms with Crippen molar-refractivity contribution in [2.75, 3.05) is 7.11 Å². The van der Waals surface area contributed by atoms with Crippen LogP contribution in [0.1, 0.15) is 33.8 Å². The number of methoxy groups -OCH3 is 1. The number of fused-ring (bicyclic) bond motifs is 3. The first kappa shape index (κ1) is 9.90. The summed E-state index contributed by atoms with van der Waals surface area (Å²) in [6.45, 7) is 0. The fraction of sp³-hybridized carbons (Fsp3) is 0.417. The number of aromatic nitrogens is 1. The Morgan fingerprint density at radius 3 is 3.06 bits per heavy atom. The summed E-state index contributed by atoms with van der Waals surface area (Å²) in [6, 6.07) is 1.96. The number of ether oxygens (including phenoxy) is 1. The molecule has 0 aliphatic heterocycles. The smallest absolute Gasteiger partial charge is 0.348 e. The van der Waals surface area contributed by atoms with Crippen molar-refractivity contribution >= 4 is 27.5 Å². The van der Waals surface area contributed by atoms with E-state index in [0.29, 0.717) is 4.88 Å². The molecule has 0 atom stereocenters. The minimum atomic E-state index is -0.237.